The van der Waals surface area contributed by atoms with Gasteiger partial charge in [0.25, 0.3) is 0 Å². The van der Waals surface area contributed by atoms with Gasteiger partial charge in [0, 0.05) is 6.07 Å². The summed E-state index contributed by atoms with van der Waals surface area (Å²) in [4.78, 5) is 12.5. The highest BCUT2D eigenvalue weighted by atomic mass is 16.5. The Morgan fingerprint density at radius 1 is 1.08 bits per heavy atom. The molecule has 1 aliphatic heterocycles. The van der Waals surface area contributed by atoms with Crippen LogP contribution in [-0.2, 0) is 0 Å². The number of methoxy groups -OCH3 is 1. The van der Waals surface area contributed by atoms with Gasteiger partial charge in [-0.15, -0.1) is 0 Å². The largest absolute Gasteiger partial charge is 0.497 e. The van der Waals surface area contributed by atoms with Crippen molar-refractivity contribution in [2.45, 2.75) is 13.8 Å². The van der Waals surface area contributed by atoms with Crippen molar-refractivity contribution in [2.24, 2.45) is 0 Å². The Labute approximate surface area is 147 Å². The van der Waals surface area contributed by atoms with Crippen LogP contribution in [0, 0.1) is 0 Å². The van der Waals surface area contributed by atoms with Gasteiger partial charge >= 0.3 is 0 Å². The molecule has 0 unspecified atom stereocenters. The van der Waals surface area contributed by atoms with Gasteiger partial charge in [-0.25, -0.2) is 0 Å². The van der Waals surface area contributed by atoms with E-state index in [0.29, 0.717) is 29.4 Å². The van der Waals surface area contributed by atoms with Crippen LogP contribution in [0.3, 0.4) is 0 Å². The van der Waals surface area contributed by atoms with Crippen molar-refractivity contribution in [3.05, 3.63) is 71.0 Å². The lowest BCUT2D eigenvalue weighted by atomic mass is 10.1. The minimum Gasteiger partial charge on any atom is -0.497 e. The van der Waals surface area contributed by atoms with E-state index in [4.69, 9.17) is 14.2 Å². The van der Waals surface area contributed by atoms with Crippen molar-refractivity contribution in [1.29, 1.82) is 0 Å². The van der Waals surface area contributed by atoms with E-state index in [1.165, 1.54) is 5.57 Å². The van der Waals surface area contributed by atoms with E-state index in [1.54, 1.807) is 31.4 Å². The molecular formula is C21H20O4. The molecule has 4 nitrogen and oxygen atoms in total. The van der Waals surface area contributed by atoms with Crippen LogP contribution in [0.2, 0.25) is 0 Å². The molecule has 2 aromatic carbocycles. The molecule has 0 saturated heterocycles. The number of Topliss-reactive ketones (excluding diaryl/α,β-unsaturated/α-hetero) is 1. The smallest absolute Gasteiger partial charge is 0.231 e. The first-order valence-corrected chi connectivity index (χ1v) is 8.05. The number of allylic oxidation sites excluding steroid dienone is 2. The third-order valence-electron chi connectivity index (χ3n) is 3.80. The predicted molar refractivity (Wildman–Crippen MR) is 97.3 cm³/mol. The number of benzene rings is 2. The third-order valence-corrected chi connectivity index (χ3v) is 3.80. The Bertz CT molecular complexity index is 841. The lowest BCUT2D eigenvalue weighted by Gasteiger charge is -2.05. The lowest BCUT2D eigenvalue weighted by molar-refractivity contribution is 0.101. The zero-order chi connectivity index (χ0) is 17.8. The number of hydrogen-bond donors (Lipinski definition) is 0. The van der Waals surface area contributed by atoms with E-state index in [-0.39, 0.29) is 5.78 Å². The number of ketones is 1. The number of hydrogen-bond acceptors (Lipinski definition) is 4. The zero-order valence-corrected chi connectivity index (χ0v) is 14.5. The number of rotatable bonds is 5. The first kappa shape index (κ1) is 16.8. The van der Waals surface area contributed by atoms with Gasteiger partial charge in [0.1, 0.15) is 23.9 Å². The molecule has 0 fully saturated rings. The molecule has 25 heavy (non-hydrogen) atoms. The first-order valence-electron chi connectivity index (χ1n) is 8.05. The molecule has 0 saturated carbocycles. The molecule has 1 aliphatic rings. The normalized spacial score (nSPS) is 14.0. The van der Waals surface area contributed by atoms with Crippen LogP contribution in [0.1, 0.15) is 29.8 Å². The van der Waals surface area contributed by atoms with Crippen molar-refractivity contribution in [1.82, 2.24) is 0 Å². The van der Waals surface area contributed by atoms with E-state index in [2.05, 4.69) is 0 Å². The van der Waals surface area contributed by atoms with Gasteiger partial charge in [0.05, 0.1) is 12.7 Å². The second-order valence-electron chi connectivity index (χ2n) is 5.96. The molecule has 0 aromatic heterocycles. The number of carbonyl (C=O) groups excluding carboxylic acids is 1. The van der Waals surface area contributed by atoms with Crippen LogP contribution < -0.4 is 14.2 Å². The Morgan fingerprint density at radius 3 is 2.48 bits per heavy atom. The molecule has 0 N–H and O–H groups in total. The molecule has 3 rings (SSSR count). The number of carbonyl (C=O) groups is 1. The van der Waals surface area contributed by atoms with Crippen molar-refractivity contribution < 1.29 is 19.0 Å². The molecule has 0 aliphatic carbocycles. The summed E-state index contributed by atoms with van der Waals surface area (Å²) < 4.78 is 16.5. The van der Waals surface area contributed by atoms with Crippen molar-refractivity contribution in [2.75, 3.05) is 13.7 Å². The topological polar surface area (TPSA) is 44.8 Å². The van der Waals surface area contributed by atoms with Gasteiger partial charge in [0.15, 0.2) is 5.76 Å². The predicted octanol–water partition coefficient (Wildman–Crippen LogP) is 4.66. The van der Waals surface area contributed by atoms with E-state index >= 15 is 0 Å². The molecule has 2 aromatic rings. The molecule has 0 atom stereocenters. The van der Waals surface area contributed by atoms with Crippen LogP contribution in [0.4, 0.5) is 0 Å². The van der Waals surface area contributed by atoms with Crippen LogP contribution in [-0.4, -0.2) is 19.5 Å². The van der Waals surface area contributed by atoms with Gasteiger partial charge in [-0.2, -0.15) is 0 Å². The number of ether oxygens (including phenoxy) is 3. The molecule has 0 radical (unpaired) electrons. The molecule has 128 valence electrons. The first-order chi connectivity index (χ1) is 12.1. The second-order valence-corrected chi connectivity index (χ2v) is 5.96. The van der Waals surface area contributed by atoms with Gasteiger partial charge in [0.2, 0.25) is 5.78 Å². The molecular weight excluding hydrogens is 316 g/mol. The summed E-state index contributed by atoms with van der Waals surface area (Å²) in [5.41, 5.74) is 2.61. The highest BCUT2D eigenvalue weighted by molar-refractivity contribution is 6.14. The van der Waals surface area contributed by atoms with Crippen LogP contribution in [0.5, 0.6) is 17.2 Å². The Hall–Kier alpha value is -3.01. The summed E-state index contributed by atoms with van der Waals surface area (Å²) in [6.45, 7) is 4.53. The summed E-state index contributed by atoms with van der Waals surface area (Å²) in [7, 11) is 1.62. The summed E-state index contributed by atoms with van der Waals surface area (Å²) in [5.74, 6) is 2.15. The maximum Gasteiger partial charge on any atom is 0.231 e. The van der Waals surface area contributed by atoms with Crippen LogP contribution in [0.25, 0.3) is 6.08 Å². The summed E-state index contributed by atoms with van der Waals surface area (Å²) >= 11 is 0. The summed E-state index contributed by atoms with van der Waals surface area (Å²) in [5, 5.41) is 0. The van der Waals surface area contributed by atoms with E-state index in [1.807, 2.05) is 44.2 Å². The zero-order valence-electron chi connectivity index (χ0n) is 14.5. The molecule has 0 spiro atoms. The molecule has 4 heteroatoms. The summed E-state index contributed by atoms with van der Waals surface area (Å²) in [6.07, 6.45) is 3.72. The highest BCUT2D eigenvalue weighted by Crippen LogP contribution is 2.35. The number of fused-ring (bicyclic) bond motifs is 1. The fourth-order valence-electron chi connectivity index (χ4n) is 2.41. The second kappa shape index (κ2) is 7.26. The third kappa shape index (κ3) is 3.91. The quantitative estimate of drug-likeness (QED) is 0.588. The molecule has 0 bridgehead atoms. The fourth-order valence-corrected chi connectivity index (χ4v) is 2.41. The summed E-state index contributed by atoms with van der Waals surface area (Å²) in [6, 6.07) is 12.7. The standard InChI is InChI=1S/C21H20O4/c1-14(2)10-11-24-17-8-9-18-19(13-17)25-20(21(18)22)12-15-4-6-16(23-3)7-5-15/h4-10,12-13H,11H2,1-3H3. The average Bonchev–Trinajstić information content (AvgIpc) is 2.90. The molecule has 0 amide bonds. The highest BCUT2D eigenvalue weighted by Gasteiger charge is 2.27. The minimum atomic E-state index is -0.123. The average molecular weight is 336 g/mol. The van der Waals surface area contributed by atoms with Crippen LogP contribution in [0.15, 0.2) is 59.9 Å². The van der Waals surface area contributed by atoms with Gasteiger partial charge < -0.3 is 14.2 Å². The van der Waals surface area contributed by atoms with Gasteiger partial charge in [-0.3, -0.25) is 4.79 Å². The van der Waals surface area contributed by atoms with Crippen LogP contribution >= 0.6 is 0 Å². The van der Waals surface area contributed by atoms with E-state index in [0.717, 1.165) is 11.3 Å². The monoisotopic (exact) mass is 336 g/mol. The van der Waals surface area contributed by atoms with Crippen molar-refractivity contribution in [3.63, 3.8) is 0 Å². The fraction of sp³-hybridized carbons (Fsp3) is 0.190. The minimum absolute atomic E-state index is 0.123. The van der Waals surface area contributed by atoms with E-state index < -0.39 is 0 Å². The lowest BCUT2D eigenvalue weighted by Crippen LogP contribution is -1.98. The Balaban J connectivity index is 1.77. The van der Waals surface area contributed by atoms with Crippen molar-refractivity contribution >= 4 is 11.9 Å². The maximum atomic E-state index is 12.5. The molecule has 1 heterocycles. The SMILES string of the molecule is COc1ccc(C=C2Oc3cc(OCC=C(C)C)ccc3C2=O)cc1. The van der Waals surface area contributed by atoms with Crippen molar-refractivity contribution in [3.8, 4) is 17.2 Å². The van der Waals surface area contributed by atoms with Gasteiger partial charge in [-0.1, -0.05) is 17.7 Å². The van der Waals surface area contributed by atoms with E-state index in [9.17, 15) is 4.79 Å². The Kier molecular flexibility index (Phi) is 4.89. The van der Waals surface area contributed by atoms with Gasteiger partial charge in [-0.05, 0) is 55.8 Å². The maximum absolute atomic E-state index is 12.5. The Morgan fingerprint density at radius 2 is 1.80 bits per heavy atom.